The number of rotatable bonds is 5. The number of nitrogens with one attached hydrogen (secondary N) is 1. The van der Waals surface area contributed by atoms with Gasteiger partial charge in [-0.15, -0.1) is 0 Å². The van der Waals surface area contributed by atoms with Gasteiger partial charge in [0.2, 0.25) is 5.91 Å². The maximum Gasteiger partial charge on any atom is 0.233 e. The molecule has 0 saturated carbocycles. The van der Waals surface area contributed by atoms with Crippen LogP contribution in [0.2, 0.25) is 0 Å². The summed E-state index contributed by atoms with van der Waals surface area (Å²) in [6, 6.07) is 7.57. The van der Waals surface area contributed by atoms with E-state index in [0.29, 0.717) is 32.6 Å². The molecule has 0 aromatic heterocycles. The Bertz CT molecular complexity index is 527. The van der Waals surface area contributed by atoms with Crippen molar-refractivity contribution in [1.29, 1.82) is 0 Å². The number of nitrogens with two attached hydrogens (primary N) is 1. The van der Waals surface area contributed by atoms with Gasteiger partial charge in [0.05, 0.1) is 12.1 Å². The average Bonchev–Trinajstić information content (AvgIpc) is 2.53. The van der Waals surface area contributed by atoms with Crippen LogP contribution >= 0.6 is 12.2 Å². The van der Waals surface area contributed by atoms with Gasteiger partial charge in [0, 0.05) is 19.8 Å². The molecule has 6 heteroatoms. The minimum Gasteiger partial charge on any atom is -0.497 e. The summed E-state index contributed by atoms with van der Waals surface area (Å²) in [7, 11) is 1.61. The Morgan fingerprint density at radius 2 is 2.19 bits per heavy atom. The standard InChI is InChI=1S/C15H20N2O3S/c1-19-12-4-2-3-11(9-12)10-17-14(18)15(13(16)21)5-7-20-8-6-15/h2-4,9H,5-8,10H2,1H3,(H2,16,21)(H,17,18). The molecule has 0 aliphatic carbocycles. The topological polar surface area (TPSA) is 73.6 Å². The summed E-state index contributed by atoms with van der Waals surface area (Å²) in [5, 5.41) is 2.92. The van der Waals surface area contributed by atoms with Crippen LogP contribution in [0.4, 0.5) is 0 Å². The lowest BCUT2D eigenvalue weighted by molar-refractivity contribution is -0.131. The van der Waals surface area contributed by atoms with Gasteiger partial charge in [0.15, 0.2) is 0 Å². The number of ether oxygens (including phenoxy) is 2. The molecule has 1 aromatic rings. The quantitative estimate of drug-likeness (QED) is 0.804. The molecule has 3 N–H and O–H groups in total. The van der Waals surface area contributed by atoms with Crippen molar-refractivity contribution in [1.82, 2.24) is 5.32 Å². The number of amides is 1. The van der Waals surface area contributed by atoms with Crippen LogP contribution in [0.1, 0.15) is 18.4 Å². The van der Waals surface area contributed by atoms with Crippen molar-refractivity contribution in [2.75, 3.05) is 20.3 Å². The molecule has 0 atom stereocenters. The van der Waals surface area contributed by atoms with Gasteiger partial charge in [-0.25, -0.2) is 0 Å². The van der Waals surface area contributed by atoms with Crippen molar-refractivity contribution in [3.05, 3.63) is 29.8 Å². The lowest BCUT2D eigenvalue weighted by Gasteiger charge is -2.34. The first-order valence-electron chi connectivity index (χ1n) is 6.87. The van der Waals surface area contributed by atoms with Gasteiger partial charge in [-0.3, -0.25) is 4.79 Å². The number of thiocarbonyl (C=S) groups is 1. The Labute approximate surface area is 129 Å². The van der Waals surface area contributed by atoms with E-state index in [2.05, 4.69) is 5.32 Å². The number of benzene rings is 1. The highest BCUT2D eigenvalue weighted by molar-refractivity contribution is 7.80. The molecule has 0 bridgehead atoms. The zero-order valence-electron chi connectivity index (χ0n) is 12.1. The molecule has 1 fully saturated rings. The van der Waals surface area contributed by atoms with Crippen LogP contribution in [0.5, 0.6) is 5.75 Å². The smallest absolute Gasteiger partial charge is 0.233 e. The fourth-order valence-corrected chi connectivity index (χ4v) is 2.74. The zero-order chi connectivity index (χ0) is 15.3. The van der Waals surface area contributed by atoms with E-state index in [1.54, 1.807) is 7.11 Å². The Balaban J connectivity index is 2.03. The molecule has 1 heterocycles. The molecule has 1 aliphatic heterocycles. The summed E-state index contributed by atoms with van der Waals surface area (Å²) < 4.78 is 10.5. The first kappa shape index (κ1) is 15.7. The fraction of sp³-hybridized carbons (Fsp3) is 0.467. The highest BCUT2D eigenvalue weighted by Crippen LogP contribution is 2.31. The van der Waals surface area contributed by atoms with Gasteiger partial charge < -0.3 is 20.5 Å². The molecule has 1 saturated heterocycles. The van der Waals surface area contributed by atoms with Gasteiger partial charge in [-0.05, 0) is 30.5 Å². The van der Waals surface area contributed by atoms with Crippen molar-refractivity contribution < 1.29 is 14.3 Å². The number of hydrogen-bond donors (Lipinski definition) is 2. The molecule has 21 heavy (non-hydrogen) atoms. The average molecular weight is 308 g/mol. The summed E-state index contributed by atoms with van der Waals surface area (Å²) in [6.45, 7) is 1.43. The lowest BCUT2D eigenvalue weighted by atomic mass is 9.79. The van der Waals surface area contributed by atoms with E-state index in [1.165, 1.54) is 0 Å². The van der Waals surface area contributed by atoms with E-state index in [9.17, 15) is 4.79 Å². The van der Waals surface area contributed by atoms with E-state index in [0.717, 1.165) is 11.3 Å². The van der Waals surface area contributed by atoms with Crippen molar-refractivity contribution in [2.45, 2.75) is 19.4 Å². The van der Waals surface area contributed by atoms with Crippen molar-refractivity contribution in [3.8, 4) is 5.75 Å². The fourth-order valence-electron chi connectivity index (χ4n) is 2.44. The number of methoxy groups -OCH3 is 1. The van der Waals surface area contributed by atoms with Gasteiger partial charge >= 0.3 is 0 Å². The monoisotopic (exact) mass is 308 g/mol. The molecule has 1 aromatic carbocycles. The van der Waals surface area contributed by atoms with Gasteiger partial charge in [0.1, 0.15) is 11.2 Å². The Morgan fingerprint density at radius 3 is 2.81 bits per heavy atom. The second kappa shape index (κ2) is 6.87. The third-order valence-electron chi connectivity index (χ3n) is 3.84. The molecular weight excluding hydrogens is 288 g/mol. The van der Waals surface area contributed by atoms with Crippen LogP contribution in [0.25, 0.3) is 0 Å². The number of hydrogen-bond acceptors (Lipinski definition) is 4. The van der Waals surface area contributed by atoms with E-state index in [-0.39, 0.29) is 10.9 Å². The predicted molar refractivity (Wildman–Crippen MR) is 84.1 cm³/mol. The maximum atomic E-state index is 12.5. The van der Waals surface area contributed by atoms with Crippen molar-refractivity contribution in [3.63, 3.8) is 0 Å². The van der Waals surface area contributed by atoms with Crippen molar-refractivity contribution in [2.24, 2.45) is 11.1 Å². The van der Waals surface area contributed by atoms with E-state index in [4.69, 9.17) is 27.4 Å². The highest BCUT2D eigenvalue weighted by Gasteiger charge is 2.42. The van der Waals surface area contributed by atoms with Crippen LogP contribution in [-0.2, 0) is 16.1 Å². The SMILES string of the molecule is COc1cccc(CNC(=O)C2(C(N)=S)CCOCC2)c1. The summed E-state index contributed by atoms with van der Waals surface area (Å²) >= 11 is 5.12. The third kappa shape index (κ3) is 3.51. The summed E-state index contributed by atoms with van der Waals surface area (Å²) in [4.78, 5) is 12.8. The first-order valence-corrected chi connectivity index (χ1v) is 7.28. The summed E-state index contributed by atoms with van der Waals surface area (Å²) in [5.74, 6) is 0.637. The normalized spacial score (nSPS) is 17.0. The van der Waals surface area contributed by atoms with Crippen LogP contribution in [0.3, 0.4) is 0 Å². The molecular formula is C15H20N2O3S. The lowest BCUT2D eigenvalue weighted by Crippen LogP contribution is -2.51. The van der Waals surface area contributed by atoms with E-state index < -0.39 is 5.41 Å². The Morgan fingerprint density at radius 1 is 1.48 bits per heavy atom. The van der Waals surface area contributed by atoms with Crippen molar-refractivity contribution >= 4 is 23.1 Å². The summed E-state index contributed by atoms with van der Waals surface area (Å²) in [5.41, 5.74) is 5.99. The van der Waals surface area contributed by atoms with E-state index >= 15 is 0 Å². The van der Waals surface area contributed by atoms with Crippen LogP contribution in [0, 0.1) is 5.41 Å². The first-order chi connectivity index (χ1) is 10.1. The number of carbonyl (C=O) groups excluding carboxylic acids is 1. The zero-order valence-corrected chi connectivity index (χ0v) is 12.9. The second-order valence-corrected chi connectivity index (χ2v) is 5.53. The molecule has 5 nitrogen and oxygen atoms in total. The molecule has 0 spiro atoms. The maximum absolute atomic E-state index is 12.5. The molecule has 2 rings (SSSR count). The molecule has 114 valence electrons. The minimum absolute atomic E-state index is 0.124. The predicted octanol–water partition coefficient (Wildman–Crippen LogP) is 1.39. The minimum atomic E-state index is -0.785. The Kier molecular flexibility index (Phi) is 5.14. The molecule has 0 unspecified atom stereocenters. The number of carbonyl (C=O) groups is 1. The van der Waals surface area contributed by atoms with Gasteiger partial charge in [-0.1, -0.05) is 24.4 Å². The second-order valence-electron chi connectivity index (χ2n) is 5.09. The van der Waals surface area contributed by atoms with Crippen LogP contribution in [0.15, 0.2) is 24.3 Å². The van der Waals surface area contributed by atoms with E-state index in [1.807, 2.05) is 24.3 Å². The molecule has 1 amide bonds. The molecule has 0 radical (unpaired) electrons. The largest absolute Gasteiger partial charge is 0.497 e. The van der Waals surface area contributed by atoms with Crippen LogP contribution < -0.4 is 15.8 Å². The third-order valence-corrected chi connectivity index (χ3v) is 4.23. The van der Waals surface area contributed by atoms with Gasteiger partial charge in [-0.2, -0.15) is 0 Å². The molecule has 1 aliphatic rings. The summed E-state index contributed by atoms with van der Waals surface area (Å²) in [6.07, 6.45) is 1.07. The Hall–Kier alpha value is -1.66. The van der Waals surface area contributed by atoms with Crippen LogP contribution in [-0.4, -0.2) is 31.2 Å². The highest BCUT2D eigenvalue weighted by atomic mass is 32.1. The van der Waals surface area contributed by atoms with Gasteiger partial charge in [0.25, 0.3) is 0 Å².